The molecule has 0 aliphatic carbocycles. The van der Waals surface area contributed by atoms with Crippen LogP contribution in [-0.2, 0) is 10.0 Å². The van der Waals surface area contributed by atoms with E-state index in [1.54, 1.807) is 22.5 Å². The fraction of sp³-hybridized carbons (Fsp3) is 0.333. The zero-order valence-corrected chi connectivity index (χ0v) is 15.9. The second-order valence-corrected chi connectivity index (χ2v) is 8.94. The Hall–Kier alpha value is -1.57. The van der Waals surface area contributed by atoms with E-state index < -0.39 is 10.0 Å². The van der Waals surface area contributed by atoms with Gasteiger partial charge in [-0.3, -0.25) is 0 Å². The second kappa shape index (κ2) is 6.63. The molecule has 0 bridgehead atoms. The van der Waals surface area contributed by atoms with Gasteiger partial charge in [-0.1, -0.05) is 28.1 Å². The molecule has 1 fully saturated rings. The maximum absolute atomic E-state index is 13.1. The summed E-state index contributed by atoms with van der Waals surface area (Å²) in [4.78, 5) is 0.311. The molecule has 2 aromatic carbocycles. The number of sulfonamides is 1. The molecule has 2 aliphatic heterocycles. The molecule has 25 heavy (non-hydrogen) atoms. The molecular formula is C18H18BrNO4S. The summed E-state index contributed by atoms with van der Waals surface area (Å²) in [6.07, 6.45) is 1.64. The van der Waals surface area contributed by atoms with Gasteiger partial charge in [-0.15, -0.1) is 0 Å². The Morgan fingerprint density at radius 2 is 1.84 bits per heavy atom. The van der Waals surface area contributed by atoms with E-state index in [2.05, 4.69) is 15.9 Å². The topological polar surface area (TPSA) is 55.8 Å². The van der Waals surface area contributed by atoms with Crippen molar-refractivity contribution in [2.24, 2.45) is 0 Å². The summed E-state index contributed by atoms with van der Waals surface area (Å²) in [5.74, 6) is 1.41. The average Bonchev–Trinajstić information content (AvgIpc) is 3.12. The molecule has 2 aliphatic rings. The van der Waals surface area contributed by atoms with Crippen molar-refractivity contribution in [2.75, 3.05) is 19.8 Å². The number of hydrogen-bond acceptors (Lipinski definition) is 4. The molecule has 2 aromatic rings. The third-order valence-electron chi connectivity index (χ3n) is 4.56. The van der Waals surface area contributed by atoms with Gasteiger partial charge >= 0.3 is 0 Å². The molecule has 0 radical (unpaired) electrons. The standard InChI is InChI=1S/C18H18BrNO4S/c19-14-3-1-4-15(12-14)25(21,22)20-8-2-5-16(20)13-6-7-17-18(11-13)24-10-9-23-17/h1,3-4,6-7,11-12,16H,2,5,8-10H2/t16-/m0/s1. The second-order valence-electron chi connectivity index (χ2n) is 6.13. The minimum atomic E-state index is -3.55. The van der Waals surface area contributed by atoms with Crippen molar-refractivity contribution in [3.05, 3.63) is 52.5 Å². The molecular weight excluding hydrogens is 406 g/mol. The molecule has 0 saturated carbocycles. The third-order valence-corrected chi connectivity index (χ3v) is 6.95. The van der Waals surface area contributed by atoms with Gasteiger partial charge in [0, 0.05) is 11.0 Å². The molecule has 1 atom stereocenters. The molecule has 7 heteroatoms. The van der Waals surface area contributed by atoms with Crippen LogP contribution in [-0.4, -0.2) is 32.5 Å². The maximum atomic E-state index is 13.1. The van der Waals surface area contributed by atoms with Gasteiger partial charge in [-0.05, 0) is 48.7 Å². The fourth-order valence-corrected chi connectivity index (χ4v) is 5.67. The van der Waals surface area contributed by atoms with Gasteiger partial charge in [0.05, 0.1) is 10.9 Å². The van der Waals surface area contributed by atoms with E-state index in [0.29, 0.717) is 30.4 Å². The predicted octanol–water partition coefficient (Wildman–Crippen LogP) is 3.75. The summed E-state index contributed by atoms with van der Waals surface area (Å²) in [6.45, 7) is 1.58. The normalized spacial score (nSPS) is 20.6. The highest BCUT2D eigenvalue weighted by Crippen LogP contribution is 2.40. The first-order valence-electron chi connectivity index (χ1n) is 8.23. The van der Waals surface area contributed by atoms with Gasteiger partial charge in [-0.25, -0.2) is 8.42 Å². The van der Waals surface area contributed by atoms with E-state index in [0.717, 1.165) is 28.6 Å². The third kappa shape index (κ3) is 3.16. The Bertz CT molecular complexity index is 900. The zero-order chi connectivity index (χ0) is 17.4. The van der Waals surface area contributed by atoms with E-state index in [9.17, 15) is 8.42 Å². The SMILES string of the molecule is O=S(=O)(c1cccc(Br)c1)N1CCC[C@H]1c1ccc2c(c1)OCCO2. The smallest absolute Gasteiger partial charge is 0.243 e. The van der Waals surface area contributed by atoms with Crippen LogP contribution in [0.4, 0.5) is 0 Å². The van der Waals surface area contributed by atoms with E-state index in [-0.39, 0.29) is 6.04 Å². The molecule has 1 saturated heterocycles. The lowest BCUT2D eigenvalue weighted by atomic mass is 10.0. The van der Waals surface area contributed by atoms with E-state index in [4.69, 9.17) is 9.47 Å². The highest BCUT2D eigenvalue weighted by Gasteiger charge is 2.36. The molecule has 0 unspecified atom stereocenters. The molecule has 0 amide bonds. The molecule has 5 nitrogen and oxygen atoms in total. The van der Waals surface area contributed by atoms with E-state index in [1.807, 2.05) is 24.3 Å². The Balaban J connectivity index is 1.69. The van der Waals surface area contributed by atoms with E-state index >= 15 is 0 Å². The minimum Gasteiger partial charge on any atom is -0.486 e. The van der Waals surface area contributed by atoms with Crippen molar-refractivity contribution in [2.45, 2.75) is 23.8 Å². The van der Waals surface area contributed by atoms with Crippen molar-refractivity contribution in [1.82, 2.24) is 4.31 Å². The highest BCUT2D eigenvalue weighted by molar-refractivity contribution is 9.10. The Kier molecular flexibility index (Phi) is 4.47. The van der Waals surface area contributed by atoms with Crippen molar-refractivity contribution in [3.8, 4) is 11.5 Å². The Morgan fingerprint density at radius 1 is 1.04 bits per heavy atom. The van der Waals surface area contributed by atoms with Gasteiger partial charge < -0.3 is 9.47 Å². The lowest BCUT2D eigenvalue weighted by molar-refractivity contribution is 0.171. The molecule has 0 spiro atoms. The molecule has 132 valence electrons. The van der Waals surface area contributed by atoms with Crippen LogP contribution in [0.15, 0.2) is 51.8 Å². The van der Waals surface area contributed by atoms with Crippen LogP contribution in [0.2, 0.25) is 0 Å². The summed E-state index contributed by atoms with van der Waals surface area (Å²) >= 11 is 3.35. The van der Waals surface area contributed by atoms with Crippen LogP contribution in [0.5, 0.6) is 11.5 Å². The molecule has 4 rings (SSSR count). The zero-order valence-electron chi connectivity index (χ0n) is 13.5. The Morgan fingerprint density at radius 3 is 2.64 bits per heavy atom. The number of hydrogen-bond donors (Lipinski definition) is 0. The number of halogens is 1. The number of fused-ring (bicyclic) bond motifs is 1. The van der Waals surface area contributed by atoms with Crippen LogP contribution in [0.1, 0.15) is 24.4 Å². The van der Waals surface area contributed by atoms with Gasteiger partial charge in [0.15, 0.2) is 11.5 Å². The molecule has 2 heterocycles. The summed E-state index contributed by atoms with van der Waals surface area (Å²) in [7, 11) is -3.55. The minimum absolute atomic E-state index is 0.181. The van der Waals surface area contributed by atoms with Gasteiger partial charge in [-0.2, -0.15) is 4.31 Å². The fourth-order valence-electron chi connectivity index (χ4n) is 3.39. The first-order valence-corrected chi connectivity index (χ1v) is 10.5. The van der Waals surface area contributed by atoms with E-state index in [1.165, 1.54) is 0 Å². The number of benzene rings is 2. The lowest BCUT2D eigenvalue weighted by Gasteiger charge is -2.26. The van der Waals surface area contributed by atoms with Crippen LogP contribution >= 0.6 is 15.9 Å². The number of rotatable bonds is 3. The monoisotopic (exact) mass is 423 g/mol. The maximum Gasteiger partial charge on any atom is 0.243 e. The number of ether oxygens (including phenoxy) is 2. The Labute approximate surface area is 155 Å². The largest absolute Gasteiger partial charge is 0.486 e. The lowest BCUT2D eigenvalue weighted by Crippen LogP contribution is -2.30. The molecule has 0 aromatic heterocycles. The summed E-state index contributed by atoms with van der Waals surface area (Å²) in [5, 5.41) is 0. The van der Waals surface area contributed by atoms with Crippen LogP contribution in [0.3, 0.4) is 0 Å². The van der Waals surface area contributed by atoms with Gasteiger partial charge in [0.25, 0.3) is 0 Å². The van der Waals surface area contributed by atoms with Gasteiger partial charge in [0.2, 0.25) is 10.0 Å². The first kappa shape index (κ1) is 16.9. The van der Waals surface area contributed by atoms with Crippen molar-refractivity contribution in [1.29, 1.82) is 0 Å². The average molecular weight is 424 g/mol. The van der Waals surface area contributed by atoms with Crippen LogP contribution in [0.25, 0.3) is 0 Å². The summed E-state index contributed by atoms with van der Waals surface area (Å²) in [6, 6.07) is 12.4. The van der Waals surface area contributed by atoms with Crippen molar-refractivity contribution in [3.63, 3.8) is 0 Å². The van der Waals surface area contributed by atoms with Crippen molar-refractivity contribution >= 4 is 26.0 Å². The first-order chi connectivity index (χ1) is 12.1. The van der Waals surface area contributed by atoms with Crippen LogP contribution < -0.4 is 9.47 Å². The van der Waals surface area contributed by atoms with Crippen molar-refractivity contribution < 1.29 is 17.9 Å². The quantitative estimate of drug-likeness (QED) is 0.754. The van der Waals surface area contributed by atoms with Crippen LogP contribution in [0, 0.1) is 0 Å². The number of nitrogens with zero attached hydrogens (tertiary/aromatic N) is 1. The summed E-state index contributed by atoms with van der Waals surface area (Å²) < 4.78 is 39.8. The van der Waals surface area contributed by atoms with Gasteiger partial charge in [0.1, 0.15) is 13.2 Å². The molecule has 0 N–H and O–H groups in total. The predicted molar refractivity (Wildman–Crippen MR) is 97.4 cm³/mol. The summed E-state index contributed by atoms with van der Waals surface area (Å²) in [5.41, 5.74) is 0.945. The highest BCUT2D eigenvalue weighted by atomic mass is 79.9.